The van der Waals surface area contributed by atoms with Crippen molar-refractivity contribution in [2.45, 2.75) is 51.1 Å². The summed E-state index contributed by atoms with van der Waals surface area (Å²) in [4.78, 5) is 44.8. The number of carboxylic acids is 3. The molecule has 0 radical (unpaired) electrons. The lowest BCUT2D eigenvalue weighted by Gasteiger charge is -2.39. The van der Waals surface area contributed by atoms with Gasteiger partial charge in [-0.25, -0.2) is 14.4 Å². The van der Waals surface area contributed by atoms with Crippen molar-refractivity contribution in [3.8, 4) is 16.9 Å². The second-order valence-corrected chi connectivity index (χ2v) is 14.8. The molecule has 62 heavy (non-hydrogen) atoms. The summed E-state index contributed by atoms with van der Waals surface area (Å²) >= 11 is 0. The highest BCUT2D eigenvalue weighted by Crippen LogP contribution is 2.32. The molecule has 2 fully saturated rings. The number of carbonyl (C=O) groups excluding carboxylic acids is 1. The minimum absolute atomic E-state index is 0.0482. The smallest absolute Gasteiger partial charge is 0.490 e. The minimum Gasteiger partial charge on any atom is -0.496 e. The molecule has 0 unspecified atom stereocenters. The highest BCUT2D eigenvalue weighted by atomic mass is 19.4. The maximum Gasteiger partial charge on any atom is 0.490 e. The molecular formula is C40H49F9N5O8+. The van der Waals surface area contributed by atoms with Gasteiger partial charge in [0, 0.05) is 69.5 Å². The molecule has 0 bridgehead atoms. The molecule has 5 rings (SSSR count). The molecule has 0 aliphatic carbocycles. The molecule has 3 aromatic carbocycles. The summed E-state index contributed by atoms with van der Waals surface area (Å²) in [5.74, 6) is -7.49. The lowest BCUT2D eigenvalue weighted by molar-refractivity contribution is -0.894. The first-order chi connectivity index (χ1) is 28.6. The van der Waals surface area contributed by atoms with Gasteiger partial charge in [-0.2, -0.15) is 39.5 Å². The van der Waals surface area contributed by atoms with Crippen LogP contribution in [0.1, 0.15) is 34.0 Å². The van der Waals surface area contributed by atoms with E-state index in [0.29, 0.717) is 18.2 Å². The zero-order valence-corrected chi connectivity index (χ0v) is 34.1. The van der Waals surface area contributed by atoms with Gasteiger partial charge in [0.05, 0.1) is 34.3 Å². The number of nitrogens with zero attached hydrogens (tertiary/aromatic N) is 3. The number of hydrogen-bond acceptors (Lipinski definition) is 8. The number of hydrogen-bond donors (Lipinski definition) is 5. The van der Waals surface area contributed by atoms with Gasteiger partial charge in [-0.3, -0.25) is 14.6 Å². The molecule has 13 nitrogen and oxygen atoms in total. The van der Waals surface area contributed by atoms with E-state index in [1.807, 2.05) is 30.3 Å². The molecule has 3 aromatic rings. The lowest BCUT2D eigenvalue weighted by atomic mass is 9.99. The molecule has 1 atom stereocenters. The van der Waals surface area contributed by atoms with E-state index >= 15 is 0 Å². The molecule has 344 valence electrons. The Balaban J connectivity index is 0.000000519. The van der Waals surface area contributed by atoms with E-state index in [4.69, 9.17) is 34.4 Å². The fourth-order valence-electron chi connectivity index (χ4n) is 5.90. The van der Waals surface area contributed by atoms with Crippen LogP contribution in [0, 0.1) is 0 Å². The molecule has 22 heteroatoms. The third-order valence-electron chi connectivity index (χ3n) is 9.18. The highest BCUT2D eigenvalue weighted by Gasteiger charge is 2.39. The van der Waals surface area contributed by atoms with Gasteiger partial charge >= 0.3 is 36.4 Å². The van der Waals surface area contributed by atoms with Crippen LogP contribution in [0.5, 0.6) is 5.75 Å². The van der Waals surface area contributed by atoms with E-state index < -0.39 is 36.4 Å². The van der Waals surface area contributed by atoms with Crippen molar-refractivity contribution in [3.63, 3.8) is 0 Å². The van der Waals surface area contributed by atoms with Crippen molar-refractivity contribution in [1.29, 1.82) is 0 Å². The van der Waals surface area contributed by atoms with Crippen LogP contribution < -0.4 is 15.4 Å². The minimum atomic E-state index is -5.08. The van der Waals surface area contributed by atoms with Crippen molar-refractivity contribution < 1.29 is 83.2 Å². The second kappa shape index (κ2) is 23.1. The Morgan fingerprint density at radius 3 is 1.73 bits per heavy atom. The van der Waals surface area contributed by atoms with Crippen molar-refractivity contribution >= 4 is 23.8 Å². The Kier molecular flexibility index (Phi) is 19.7. The molecular weight excluding hydrogens is 849 g/mol. The largest absolute Gasteiger partial charge is 0.496 e. The summed E-state index contributed by atoms with van der Waals surface area (Å²) in [6.07, 6.45) is -15.3. The first-order valence-corrected chi connectivity index (χ1v) is 18.6. The van der Waals surface area contributed by atoms with Gasteiger partial charge in [0.1, 0.15) is 5.75 Å². The van der Waals surface area contributed by atoms with E-state index in [2.05, 4.69) is 77.9 Å². The number of benzene rings is 3. The zero-order chi connectivity index (χ0) is 47.1. The average Bonchev–Trinajstić information content (AvgIpc) is 3.17. The number of piperazine rings is 2. The van der Waals surface area contributed by atoms with Gasteiger partial charge in [-0.05, 0) is 59.5 Å². The highest BCUT2D eigenvalue weighted by molar-refractivity contribution is 5.94. The number of quaternary nitrogens is 1. The maximum absolute atomic E-state index is 13.1. The third-order valence-corrected chi connectivity index (χ3v) is 9.18. The van der Waals surface area contributed by atoms with Crippen molar-refractivity contribution in [3.05, 3.63) is 89.0 Å². The number of carboxylic acid groups (broad SMARTS) is 3. The van der Waals surface area contributed by atoms with E-state index in [-0.39, 0.29) is 5.91 Å². The summed E-state index contributed by atoms with van der Waals surface area (Å²) in [6.45, 7) is 12.1. The lowest BCUT2D eigenvalue weighted by Crippen LogP contribution is -2.54. The fourth-order valence-corrected chi connectivity index (χ4v) is 5.90. The number of nitrogens with one attached hydrogen (secondary N) is 2. The zero-order valence-electron chi connectivity index (χ0n) is 34.1. The van der Waals surface area contributed by atoms with Crippen LogP contribution in [0.25, 0.3) is 11.1 Å². The van der Waals surface area contributed by atoms with Crippen LogP contribution in [-0.2, 0) is 34.0 Å². The van der Waals surface area contributed by atoms with Crippen LogP contribution in [-0.4, -0.2) is 145 Å². The molecule has 2 saturated heterocycles. The molecule has 5 N–H and O–H groups in total. The Labute approximate surface area is 351 Å². The van der Waals surface area contributed by atoms with Crippen LogP contribution in [0.15, 0.2) is 66.7 Å². The quantitative estimate of drug-likeness (QED) is 0.129. The second-order valence-electron chi connectivity index (χ2n) is 14.8. The van der Waals surface area contributed by atoms with E-state index in [0.717, 1.165) is 85.8 Å². The van der Waals surface area contributed by atoms with Crippen molar-refractivity contribution in [2.24, 2.45) is 0 Å². The fraction of sp³-hybridized carbons (Fsp3) is 0.450. The van der Waals surface area contributed by atoms with Crippen LogP contribution in [0.3, 0.4) is 0 Å². The molecule has 2 aliphatic heterocycles. The van der Waals surface area contributed by atoms with Crippen LogP contribution in [0.4, 0.5) is 39.5 Å². The predicted molar refractivity (Wildman–Crippen MR) is 207 cm³/mol. The molecule has 0 aromatic heterocycles. The number of halogens is 9. The number of methoxy groups -OCH3 is 1. The van der Waals surface area contributed by atoms with Gasteiger partial charge in [0.2, 0.25) is 0 Å². The number of ether oxygens (including phenoxy) is 1. The number of carbonyl (C=O) groups is 4. The topological polar surface area (TPSA) is 169 Å². The van der Waals surface area contributed by atoms with Crippen molar-refractivity contribution in [1.82, 2.24) is 20.4 Å². The Bertz CT molecular complexity index is 1890. The monoisotopic (exact) mass is 898 g/mol. The third kappa shape index (κ3) is 19.1. The molecule has 0 saturated carbocycles. The normalized spacial score (nSPS) is 16.8. The summed E-state index contributed by atoms with van der Waals surface area (Å²) in [5.41, 5.74) is 6.40. The summed E-state index contributed by atoms with van der Waals surface area (Å²) in [6, 6.07) is 23.5. The predicted octanol–water partition coefficient (Wildman–Crippen LogP) is 5.88. The molecule has 2 aliphatic rings. The maximum atomic E-state index is 13.1. The number of aliphatic carboxylic acids is 3. The summed E-state index contributed by atoms with van der Waals surface area (Å²) in [7, 11) is 6.30. The van der Waals surface area contributed by atoms with E-state index in [1.165, 1.54) is 11.1 Å². The Hall–Kier alpha value is -5.45. The molecule has 2 heterocycles. The van der Waals surface area contributed by atoms with Crippen LogP contribution >= 0.6 is 0 Å². The summed E-state index contributed by atoms with van der Waals surface area (Å²) in [5, 5.41) is 28.0. The van der Waals surface area contributed by atoms with Crippen molar-refractivity contribution in [2.75, 3.05) is 67.0 Å². The molecule has 0 spiro atoms. The Morgan fingerprint density at radius 1 is 0.726 bits per heavy atom. The number of likely N-dealkylation sites (N-methyl/N-ethyl adjacent to an activating group) is 1. The standard InChI is InChI=1S/C34H45N5O2.3C2HF3O2/c1-26-23-38(14-13-35-26)25-28-7-5-9-30(19-28)32-21-27(11-12-33(32)41-4)22-36-34(40)31-10-6-8-29(20-31)24-37-15-17-39(2,3)18-16-37;3*3-2(4,5)1(6)7/h5-12,19-21,26,35H,13-18,22-25H2,1-4H3;3*(H,6,7)/p+1/t26-;;;/m0.../s1. The Morgan fingerprint density at radius 2 is 1.23 bits per heavy atom. The van der Waals surface area contributed by atoms with Gasteiger partial charge in [-0.1, -0.05) is 36.4 Å². The van der Waals surface area contributed by atoms with Gasteiger partial charge < -0.3 is 35.2 Å². The van der Waals surface area contributed by atoms with E-state index in [1.54, 1.807) is 7.11 Å². The SMILES string of the molecule is COc1ccc(CNC(=O)c2cccc(CN3CC[N+](C)(C)CC3)c2)cc1-c1cccc(CN2CCN[C@@H](C)C2)c1.O=C(O)C(F)(F)F.O=C(O)C(F)(F)F.O=C(O)C(F)(F)F. The number of rotatable bonds is 9. The van der Waals surface area contributed by atoms with E-state index in [9.17, 15) is 44.3 Å². The number of alkyl halides is 9. The van der Waals surface area contributed by atoms with Gasteiger partial charge in [-0.15, -0.1) is 0 Å². The van der Waals surface area contributed by atoms with Crippen LogP contribution in [0.2, 0.25) is 0 Å². The molecule has 1 amide bonds. The van der Waals surface area contributed by atoms with Gasteiger partial charge in [0.15, 0.2) is 0 Å². The average molecular weight is 899 g/mol. The van der Waals surface area contributed by atoms with Gasteiger partial charge in [0.25, 0.3) is 5.91 Å². The first-order valence-electron chi connectivity index (χ1n) is 18.6. The first kappa shape index (κ1) is 52.7. The summed E-state index contributed by atoms with van der Waals surface area (Å²) < 4.78 is 102. The number of amides is 1.